The smallest absolute Gasteiger partial charge is 0.257 e. The van der Waals surface area contributed by atoms with E-state index in [0.29, 0.717) is 5.69 Å². The highest BCUT2D eigenvalue weighted by atomic mass is 32.2. The first-order valence-electron chi connectivity index (χ1n) is 5.87. The van der Waals surface area contributed by atoms with Crippen molar-refractivity contribution in [2.75, 3.05) is 5.32 Å². The van der Waals surface area contributed by atoms with Gasteiger partial charge < -0.3 is 5.32 Å². The number of nitrogens with one attached hydrogen (secondary N) is 3. The van der Waals surface area contributed by atoms with Crippen molar-refractivity contribution in [3.05, 3.63) is 60.4 Å². The Kier molecular flexibility index (Phi) is 4.84. The molecule has 2 aromatic rings. The van der Waals surface area contributed by atoms with E-state index < -0.39 is 15.8 Å². The molecule has 5 nitrogen and oxygen atoms in total. The van der Waals surface area contributed by atoms with Gasteiger partial charge in [0.25, 0.3) is 10.0 Å². The molecule has 0 saturated heterocycles. The van der Waals surface area contributed by atoms with Gasteiger partial charge in [-0.3, -0.25) is 5.43 Å². The lowest BCUT2D eigenvalue weighted by Gasteiger charge is -2.12. The van der Waals surface area contributed by atoms with Gasteiger partial charge in [0.1, 0.15) is 5.82 Å². The van der Waals surface area contributed by atoms with Crippen LogP contribution in [0.25, 0.3) is 0 Å². The summed E-state index contributed by atoms with van der Waals surface area (Å²) in [6.07, 6.45) is 0. The van der Waals surface area contributed by atoms with Crippen LogP contribution in [0.5, 0.6) is 0 Å². The second-order valence-electron chi connectivity index (χ2n) is 4.01. The Morgan fingerprint density at radius 2 is 1.76 bits per heavy atom. The average Bonchev–Trinajstić information content (AvgIpc) is 2.46. The molecule has 0 aliphatic carbocycles. The van der Waals surface area contributed by atoms with Gasteiger partial charge in [0.05, 0.1) is 4.90 Å². The minimum atomic E-state index is -3.72. The molecule has 8 heteroatoms. The zero-order chi connectivity index (χ0) is 15.3. The second-order valence-corrected chi connectivity index (χ2v) is 6.10. The van der Waals surface area contributed by atoms with E-state index in [2.05, 4.69) is 15.6 Å². The first-order valence-corrected chi connectivity index (χ1v) is 7.76. The Balaban J connectivity index is 1.95. The molecule has 2 aromatic carbocycles. The summed E-state index contributed by atoms with van der Waals surface area (Å²) in [7, 11) is -3.72. The van der Waals surface area contributed by atoms with E-state index in [1.807, 2.05) is 0 Å². The fraction of sp³-hybridized carbons (Fsp3) is 0. The molecule has 21 heavy (non-hydrogen) atoms. The van der Waals surface area contributed by atoms with E-state index >= 15 is 0 Å². The molecule has 0 amide bonds. The van der Waals surface area contributed by atoms with Crippen molar-refractivity contribution < 1.29 is 12.8 Å². The number of benzene rings is 2. The van der Waals surface area contributed by atoms with Crippen LogP contribution in [0.2, 0.25) is 0 Å². The molecule has 0 saturated carbocycles. The summed E-state index contributed by atoms with van der Waals surface area (Å²) >= 11 is 4.93. The molecule has 2 rings (SSSR count). The predicted octanol–water partition coefficient (Wildman–Crippen LogP) is 2.01. The number of hydrogen-bond acceptors (Lipinski definition) is 3. The molecule has 0 aliphatic heterocycles. The van der Waals surface area contributed by atoms with E-state index in [4.69, 9.17) is 12.2 Å². The average molecular weight is 325 g/mol. The summed E-state index contributed by atoms with van der Waals surface area (Å²) < 4.78 is 36.8. The molecule has 0 spiro atoms. The number of hydrazine groups is 1. The van der Waals surface area contributed by atoms with E-state index in [-0.39, 0.29) is 10.0 Å². The highest BCUT2D eigenvalue weighted by molar-refractivity contribution is 7.89. The minimum Gasteiger partial charge on any atom is -0.332 e. The molecule has 3 N–H and O–H groups in total. The number of hydrogen-bond donors (Lipinski definition) is 3. The molecule has 0 aliphatic rings. The van der Waals surface area contributed by atoms with Gasteiger partial charge in [-0.05, 0) is 42.5 Å². The van der Waals surface area contributed by atoms with Crippen molar-refractivity contribution in [3.8, 4) is 0 Å². The molecule has 0 unspecified atom stereocenters. The topological polar surface area (TPSA) is 70.2 Å². The zero-order valence-electron chi connectivity index (χ0n) is 10.7. The van der Waals surface area contributed by atoms with Gasteiger partial charge in [0, 0.05) is 5.69 Å². The van der Waals surface area contributed by atoms with Crippen LogP contribution in [0.3, 0.4) is 0 Å². The fourth-order valence-electron chi connectivity index (χ4n) is 1.50. The van der Waals surface area contributed by atoms with E-state index in [9.17, 15) is 12.8 Å². The maximum Gasteiger partial charge on any atom is 0.257 e. The maximum absolute atomic E-state index is 13.0. The van der Waals surface area contributed by atoms with Crippen molar-refractivity contribution in [2.45, 2.75) is 4.90 Å². The summed E-state index contributed by atoms with van der Waals surface area (Å²) in [6, 6.07) is 13.5. The Morgan fingerprint density at radius 3 is 2.43 bits per heavy atom. The first kappa shape index (κ1) is 15.4. The first-order chi connectivity index (χ1) is 9.97. The molecule has 0 aromatic heterocycles. The van der Waals surface area contributed by atoms with Crippen molar-refractivity contribution in [3.63, 3.8) is 0 Å². The quantitative estimate of drug-likeness (QED) is 0.592. The van der Waals surface area contributed by atoms with Crippen LogP contribution in [0.1, 0.15) is 0 Å². The van der Waals surface area contributed by atoms with Crippen molar-refractivity contribution in [2.24, 2.45) is 0 Å². The Bertz CT molecular complexity index is 736. The Morgan fingerprint density at radius 1 is 1.05 bits per heavy atom. The van der Waals surface area contributed by atoms with Gasteiger partial charge in [-0.1, -0.05) is 24.3 Å². The van der Waals surface area contributed by atoms with Gasteiger partial charge in [-0.2, -0.15) is 0 Å². The highest BCUT2D eigenvalue weighted by Crippen LogP contribution is 2.09. The number of rotatable bonds is 4. The molecule has 110 valence electrons. The van der Waals surface area contributed by atoms with Gasteiger partial charge in [0.15, 0.2) is 5.11 Å². The van der Waals surface area contributed by atoms with Crippen molar-refractivity contribution in [1.29, 1.82) is 0 Å². The third kappa shape index (κ3) is 4.48. The second kappa shape index (κ2) is 6.61. The SMILES string of the molecule is O=S(=O)(NNC(=S)Nc1cccc(F)c1)c1ccccc1. The molecule has 0 heterocycles. The normalized spacial score (nSPS) is 10.9. The summed E-state index contributed by atoms with van der Waals surface area (Å²) in [5.41, 5.74) is 2.76. The summed E-state index contributed by atoms with van der Waals surface area (Å²) in [5, 5.41) is 2.66. The third-order valence-corrected chi connectivity index (χ3v) is 3.90. The predicted molar refractivity (Wildman–Crippen MR) is 82.5 cm³/mol. The highest BCUT2D eigenvalue weighted by Gasteiger charge is 2.13. The van der Waals surface area contributed by atoms with Crippen LogP contribution in [0, 0.1) is 5.82 Å². The number of thiocarbonyl (C=S) groups is 1. The lowest BCUT2D eigenvalue weighted by atomic mass is 10.3. The van der Waals surface area contributed by atoms with Gasteiger partial charge in [-0.25, -0.2) is 12.8 Å². The third-order valence-electron chi connectivity index (χ3n) is 2.43. The number of anilines is 1. The van der Waals surface area contributed by atoms with E-state index in [1.54, 1.807) is 24.3 Å². The monoisotopic (exact) mass is 325 g/mol. The van der Waals surface area contributed by atoms with Crippen LogP contribution >= 0.6 is 12.2 Å². The van der Waals surface area contributed by atoms with Crippen LogP contribution in [-0.4, -0.2) is 13.5 Å². The minimum absolute atomic E-state index is 0.0000983. The summed E-state index contributed by atoms with van der Waals surface area (Å²) in [6.45, 7) is 0. The molecule has 0 atom stereocenters. The Hall–Kier alpha value is -2.03. The summed E-state index contributed by atoms with van der Waals surface area (Å²) in [5.74, 6) is -0.423. The fourth-order valence-corrected chi connectivity index (χ4v) is 2.60. The molecule has 0 fully saturated rings. The molecular weight excluding hydrogens is 313 g/mol. The van der Waals surface area contributed by atoms with Gasteiger partial charge in [-0.15, -0.1) is 4.83 Å². The maximum atomic E-state index is 13.0. The van der Waals surface area contributed by atoms with Crippen LogP contribution in [0.15, 0.2) is 59.5 Å². The number of sulfonamides is 1. The van der Waals surface area contributed by atoms with Gasteiger partial charge in [0.2, 0.25) is 0 Å². The lowest BCUT2D eigenvalue weighted by molar-refractivity contribution is 0.578. The number of halogens is 1. The largest absolute Gasteiger partial charge is 0.332 e. The molecular formula is C13H12FN3O2S2. The van der Waals surface area contributed by atoms with E-state index in [1.165, 1.54) is 30.3 Å². The van der Waals surface area contributed by atoms with Gasteiger partial charge >= 0.3 is 0 Å². The van der Waals surface area contributed by atoms with Crippen molar-refractivity contribution in [1.82, 2.24) is 10.3 Å². The van der Waals surface area contributed by atoms with Crippen molar-refractivity contribution >= 4 is 33.0 Å². The molecule has 0 radical (unpaired) electrons. The Labute approximate surface area is 127 Å². The lowest BCUT2D eigenvalue weighted by Crippen LogP contribution is -2.43. The van der Waals surface area contributed by atoms with Crippen LogP contribution in [-0.2, 0) is 10.0 Å². The zero-order valence-corrected chi connectivity index (χ0v) is 12.3. The van der Waals surface area contributed by atoms with E-state index in [0.717, 1.165) is 0 Å². The summed E-state index contributed by atoms with van der Waals surface area (Å²) in [4.78, 5) is 2.24. The van der Waals surface area contributed by atoms with Crippen LogP contribution in [0.4, 0.5) is 10.1 Å². The molecule has 0 bridgehead atoms. The van der Waals surface area contributed by atoms with Crippen LogP contribution < -0.4 is 15.6 Å². The standard InChI is InChI=1S/C13H12FN3O2S2/c14-10-5-4-6-11(9-10)15-13(20)16-17-21(18,19)12-7-2-1-3-8-12/h1-9,17H,(H2,15,16,20).